The summed E-state index contributed by atoms with van der Waals surface area (Å²) in [5.74, 6) is 0.0554. The maximum Gasteiger partial charge on any atom is 0.225 e. The molecule has 2 aromatic carbocycles. The summed E-state index contributed by atoms with van der Waals surface area (Å²) in [7, 11) is 0. The lowest BCUT2D eigenvalue weighted by molar-refractivity contribution is -0.116. The molecule has 0 unspecified atom stereocenters. The first kappa shape index (κ1) is 19.1. The fourth-order valence-corrected chi connectivity index (χ4v) is 4.49. The van der Waals surface area contributed by atoms with E-state index in [-0.39, 0.29) is 5.91 Å². The van der Waals surface area contributed by atoms with Gasteiger partial charge in [0.15, 0.2) is 0 Å². The maximum atomic E-state index is 12.6. The van der Waals surface area contributed by atoms with Gasteiger partial charge in [0.05, 0.1) is 6.10 Å². The Kier molecular flexibility index (Phi) is 6.37. The van der Waals surface area contributed by atoms with Crippen molar-refractivity contribution in [3.63, 3.8) is 0 Å². The molecule has 28 heavy (non-hydrogen) atoms. The van der Waals surface area contributed by atoms with Gasteiger partial charge in [-0.3, -0.25) is 9.69 Å². The summed E-state index contributed by atoms with van der Waals surface area (Å²) < 4.78 is 5.81. The molecule has 1 fully saturated rings. The number of carbonyl (C=O) groups excluding carboxylic acids is 1. The number of thiophene rings is 1. The van der Waals surface area contributed by atoms with E-state index < -0.39 is 0 Å². The van der Waals surface area contributed by atoms with Crippen LogP contribution in [-0.4, -0.2) is 36.6 Å². The Morgan fingerprint density at radius 3 is 2.86 bits per heavy atom. The molecule has 1 saturated heterocycles. The Morgan fingerprint density at radius 1 is 1.14 bits per heavy atom. The quantitative estimate of drug-likeness (QED) is 0.590. The molecule has 1 aliphatic rings. The molecule has 3 aromatic rings. The normalized spacial score (nSPS) is 16.7. The molecule has 0 spiro atoms. The number of amides is 1. The Morgan fingerprint density at radius 2 is 2.04 bits per heavy atom. The summed E-state index contributed by atoms with van der Waals surface area (Å²) in [6.07, 6.45) is 3.02. The number of benzene rings is 2. The van der Waals surface area contributed by atoms with Crippen molar-refractivity contribution in [3.8, 4) is 0 Å². The van der Waals surface area contributed by atoms with Gasteiger partial charge in [-0.15, -0.1) is 11.3 Å². The second-order valence-corrected chi connectivity index (χ2v) is 8.31. The molecule has 0 bridgehead atoms. The molecule has 0 aliphatic carbocycles. The molecule has 1 aromatic heterocycles. The third-order valence-corrected chi connectivity index (χ3v) is 6.03. The first-order valence-corrected chi connectivity index (χ1v) is 10.8. The van der Waals surface area contributed by atoms with E-state index >= 15 is 0 Å². The second-order valence-electron chi connectivity index (χ2n) is 7.27. The summed E-state index contributed by atoms with van der Waals surface area (Å²) in [5, 5.41) is 7.42. The predicted octanol–water partition coefficient (Wildman–Crippen LogP) is 4.91. The van der Waals surface area contributed by atoms with Gasteiger partial charge in [-0.05, 0) is 35.7 Å². The van der Waals surface area contributed by atoms with E-state index in [1.54, 1.807) is 11.3 Å². The van der Waals surface area contributed by atoms with Gasteiger partial charge in [-0.25, -0.2) is 0 Å². The number of ether oxygens (including phenoxy) is 1. The summed E-state index contributed by atoms with van der Waals surface area (Å²) in [5.41, 5.74) is 0.882. The fraction of sp³-hybridized carbons (Fsp3) is 0.348. The van der Waals surface area contributed by atoms with Gasteiger partial charge < -0.3 is 10.1 Å². The topological polar surface area (TPSA) is 41.6 Å². The molecule has 1 atom stereocenters. The number of nitrogens with zero attached hydrogens (tertiary/aromatic N) is 1. The van der Waals surface area contributed by atoms with Crippen molar-refractivity contribution in [2.45, 2.75) is 31.9 Å². The maximum absolute atomic E-state index is 12.6. The number of rotatable bonds is 8. The summed E-state index contributed by atoms with van der Waals surface area (Å²) in [6.45, 7) is 3.35. The van der Waals surface area contributed by atoms with Crippen molar-refractivity contribution in [3.05, 3.63) is 64.9 Å². The van der Waals surface area contributed by atoms with Crippen LogP contribution in [-0.2, 0) is 16.1 Å². The van der Waals surface area contributed by atoms with Crippen LogP contribution in [0.25, 0.3) is 10.8 Å². The second kappa shape index (κ2) is 9.32. The van der Waals surface area contributed by atoms with Gasteiger partial charge in [0.2, 0.25) is 5.91 Å². The van der Waals surface area contributed by atoms with E-state index in [1.165, 1.54) is 4.88 Å². The number of hydrogen-bond donors (Lipinski definition) is 1. The molecular formula is C23H26N2O2S. The van der Waals surface area contributed by atoms with E-state index in [1.807, 2.05) is 30.3 Å². The molecule has 4 rings (SSSR count). The summed E-state index contributed by atoms with van der Waals surface area (Å²) in [6, 6.07) is 18.4. The largest absolute Gasteiger partial charge is 0.377 e. The highest BCUT2D eigenvalue weighted by Crippen LogP contribution is 2.23. The SMILES string of the molecule is O=C(CCN(Cc1cccs1)C[C@H]1CCCO1)Nc1cccc2ccccc12. The minimum absolute atomic E-state index is 0.0554. The Balaban J connectivity index is 1.37. The van der Waals surface area contributed by atoms with E-state index in [2.05, 4.69) is 39.9 Å². The van der Waals surface area contributed by atoms with Crippen LogP contribution in [0, 0.1) is 0 Å². The number of fused-ring (bicyclic) bond motifs is 1. The van der Waals surface area contributed by atoms with E-state index in [4.69, 9.17) is 4.74 Å². The molecule has 2 heterocycles. The van der Waals surface area contributed by atoms with Gasteiger partial charge in [0, 0.05) is 48.6 Å². The molecule has 5 heteroatoms. The lowest BCUT2D eigenvalue weighted by Gasteiger charge is -2.24. The highest BCUT2D eigenvalue weighted by Gasteiger charge is 2.20. The average Bonchev–Trinajstić information content (AvgIpc) is 3.41. The summed E-state index contributed by atoms with van der Waals surface area (Å²) >= 11 is 1.76. The third-order valence-electron chi connectivity index (χ3n) is 5.16. The van der Waals surface area contributed by atoms with Crippen LogP contribution < -0.4 is 5.32 Å². The first-order valence-electron chi connectivity index (χ1n) is 9.92. The highest BCUT2D eigenvalue weighted by molar-refractivity contribution is 7.09. The number of anilines is 1. The van der Waals surface area contributed by atoms with Gasteiger partial charge in [0.25, 0.3) is 0 Å². The fourth-order valence-electron chi connectivity index (χ4n) is 3.74. The number of hydrogen-bond acceptors (Lipinski definition) is 4. The van der Waals surface area contributed by atoms with E-state index in [0.717, 1.165) is 55.5 Å². The molecule has 1 aliphatic heterocycles. The van der Waals surface area contributed by atoms with Gasteiger partial charge >= 0.3 is 0 Å². The van der Waals surface area contributed by atoms with E-state index in [0.29, 0.717) is 12.5 Å². The van der Waals surface area contributed by atoms with Crippen molar-refractivity contribution in [1.82, 2.24) is 4.90 Å². The van der Waals surface area contributed by atoms with Crippen LogP contribution in [0.15, 0.2) is 60.0 Å². The lowest BCUT2D eigenvalue weighted by atomic mass is 10.1. The molecule has 1 N–H and O–H groups in total. The molecule has 0 saturated carbocycles. The average molecular weight is 395 g/mol. The molecular weight excluding hydrogens is 368 g/mol. The van der Waals surface area contributed by atoms with Crippen LogP contribution in [0.3, 0.4) is 0 Å². The Hall–Kier alpha value is -2.21. The predicted molar refractivity (Wildman–Crippen MR) is 116 cm³/mol. The molecule has 4 nitrogen and oxygen atoms in total. The minimum atomic E-state index is 0.0554. The zero-order valence-corrected chi connectivity index (χ0v) is 16.8. The number of carbonyl (C=O) groups is 1. The number of nitrogens with one attached hydrogen (secondary N) is 1. The zero-order valence-electron chi connectivity index (χ0n) is 16.0. The minimum Gasteiger partial charge on any atom is -0.377 e. The van der Waals surface area contributed by atoms with Crippen molar-refractivity contribution in [1.29, 1.82) is 0 Å². The Bertz CT molecular complexity index is 899. The van der Waals surface area contributed by atoms with Crippen LogP contribution in [0.2, 0.25) is 0 Å². The zero-order chi connectivity index (χ0) is 19.2. The van der Waals surface area contributed by atoms with E-state index in [9.17, 15) is 4.79 Å². The Labute approximate surface area is 170 Å². The lowest BCUT2D eigenvalue weighted by Crippen LogP contribution is -2.34. The highest BCUT2D eigenvalue weighted by atomic mass is 32.1. The van der Waals surface area contributed by atoms with Gasteiger partial charge in [-0.1, -0.05) is 42.5 Å². The van der Waals surface area contributed by atoms with Crippen molar-refractivity contribution >= 4 is 33.7 Å². The van der Waals surface area contributed by atoms with Crippen molar-refractivity contribution in [2.24, 2.45) is 0 Å². The first-order chi connectivity index (χ1) is 13.8. The standard InChI is InChI=1S/C23H26N2O2S/c26-23(24-22-11-3-7-18-6-1-2-10-21(18)22)12-13-25(16-19-8-4-14-27-19)17-20-9-5-15-28-20/h1-3,5-7,9-11,15,19H,4,8,12-14,16-17H2,(H,24,26)/t19-/m1/s1. The van der Waals surface area contributed by atoms with Crippen molar-refractivity contribution in [2.75, 3.05) is 25.0 Å². The van der Waals surface area contributed by atoms with Crippen LogP contribution >= 0.6 is 11.3 Å². The monoisotopic (exact) mass is 394 g/mol. The van der Waals surface area contributed by atoms with Gasteiger partial charge in [0.1, 0.15) is 0 Å². The summed E-state index contributed by atoms with van der Waals surface area (Å²) in [4.78, 5) is 16.3. The van der Waals surface area contributed by atoms with Crippen LogP contribution in [0.4, 0.5) is 5.69 Å². The van der Waals surface area contributed by atoms with Crippen molar-refractivity contribution < 1.29 is 9.53 Å². The van der Waals surface area contributed by atoms with Crippen LogP contribution in [0.5, 0.6) is 0 Å². The third kappa shape index (κ3) is 4.98. The smallest absolute Gasteiger partial charge is 0.225 e. The molecule has 1 amide bonds. The molecule has 0 radical (unpaired) electrons. The molecule has 146 valence electrons. The van der Waals surface area contributed by atoms with Crippen LogP contribution in [0.1, 0.15) is 24.1 Å². The van der Waals surface area contributed by atoms with Gasteiger partial charge in [-0.2, -0.15) is 0 Å².